The van der Waals surface area contributed by atoms with Crippen molar-refractivity contribution in [2.24, 2.45) is 0 Å². The molecule has 21 heavy (non-hydrogen) atoms. The van der Waals surface area contributed by atoms with Crippen LogP contribution in [0.1, 0.15) is 27.9 Å². The number of rotatable bonds is 3. The number of benzene rings is 2. The van der Waals surface area contributed by atoms with E-state index in [9.17, 15) is 10.0 Å². The largest absolute Gasteiger partial charge is 0.289 e. The second-order valence-corrected chi connectivity index (χ2v) is 5.22. The molecule has 3 rings (SSSR count). The first-order valence-corrected chi connectivity index (χ1v) is 7.07. The van der Waals surface area contributed by atoms with E-state index in [4.69, 9.17) is 0 Å². The summed E-state index contributed by atoms with van der Waals surface area (Å²) in [5.41, 5.74) is 3.50. The molecule has 0 aromatic heterocycles. The quantitative estimate of drug-likeness (QED) is 0.689. The fraction of sp³-hybridized carbons (Fsp3) is 0.167. The van der Waals surface area contributed by atoms with E-state index in [1.165, 1.54) is 0 Å². The van der Waals surface area contributed by atoms with Gasteiger partial charge in [-0.15, -0.1) is 0 Å². The van der Waals surface area contributed by atoms with Gasteiger partial charge in [0.05, 0.1) is 6.54 Å². The highest BCUT2D eigenvalue weighted by Crippen LogP contribution is 2.25. The minimum absolute atomic E-state index is 0.0176. The van der Waals surface area contributed by atoms with Crippen LogP contribution in [0.4, 0.5) is 0 Å². The van der Waals surface area contributed by atoms with Crippen LogP contribution in [-0.2, 0) is 13.0 Å². The zero-order valence-electron chi connectivity index (χ0n) is 11.7. The minimum Gasteiger partial charge on any atom is -0.289 e. The van der Waals surface area contributed by atoms with E-state index in [0.29, 0.717) is 18.5 Å². The molecule has 0 saturated carbocycles. The van der Waals surface area contributed by atoms with Crippen molar-refractivity contribution in [1.82, 2.24) is 5.06 Å². The van der Waals surface area contributed by atoms with Gasteiger partial charge >= 0.3 is 0 Å². The summed E-state index contributed by atoms with van der Waals surface area (Å²) in [4.78, 5) is 12.4. The Morgan fingerprint density at radius 2 is 1.71 bits per heavy atom. The molecule has 3 nitrogen and oxygen atoms in total. The van der Waals surface area contributed by atoms with E-state index in [1.807, 2.05) is 54.6 Å². The van der Waals surface area contributed by atoms with Crippen molar-refractivity contribution in [3.8, 4) is 0 Å². The molecule has 106 valence electrons. The summed E-state index contributed by atoms with van der Waals surface area (Å²) in [5.74, 6) is 0.0176. The first-order valence-electron chi connectivity index (χ1n) is 7.07. The number of hydroxylamine groups is 2. The van der Waals surface area contributed by atoms with Crippen LogP contribution in [-0.4, -0.2) is 16.1 Å². The minimum atomic E-state index is 0.0176. The number of hydrogen-bond donors (Lipinski definition) is 1. The van der Waals surface area contributed by atoms with Gasteiger partial charge in [0.25, 0.3) is 0 Å². The number of Topliss-reactive ketones (excluding diaryl/α,β-unsaturated/α-hetero) is 1. The maximum absolute atomic E-state index is 12.4. The fourth-order valence-corrected chi connectivity index (χ4v) is 2.63. The third-order valence-corrected chi connectivity index (χ3v) is 3.71. The Morgan fingerprint density at radius 3 is 2.52 bits per heavy atom. The average Bonchev–Trinajstić information content (AvgIpc) is 2.51. The number of fused-ring (bicyclic) bond motifs is 1. The molecule has 1 N–H and O–H groups in total. The van der Waals surface area contributed by atoms with Gasteiger partial charge in [-0.1, -0.05) is 54.6 Å². The SMILES string of the molecule is O=C1C(=CN(O)Cc2ccccc2)CCc2ccccc21. The molecule has 0 aliphatic heterocycles. The van der Waals surface area contributed by atoms with Gasteiger partial charge in [-0.3, -0.25) is 15.1 Å². The van der Waals surface area contributed by atoms with Gasteiger partial charge in [0.2, 0.25) is 0 Å². The van der Waals surface area contributed by atoms with Crippen molar-refractivity contribution in [1.29, 1.82) is 0 Å². The summed E-state index contributed by atoms with van der Waals surface area (Å²) in [6, 6.07) is 17.4. The Labute approximate surface area is 124 Å². The van der Waals surface area contributed by atoms with Gasteiger partial charge < -0.3 is 0 Å². The first kappa shape index (κ1) is 13.6. The fourth-order valence-electron chi connectivity index (χ4n) is 2.63. The molecule has 0 fully saturated rings. The van der Waals surface area contributed by atoms with Crippen molar-refractivity contribution in [2.75, 3.05) is 0 Å². The summed E-state index contributed by atoms with van der Waals surface area (Å²) in [5, 5.41) is 11.1. The molecule has 0 unspecified atom stereocenters. The molecule has 0 amide bonds. The Kier molecular flexibility index (Phi) is 3.84. The van der Waals surface area contributed by atoms with Gasteiger partial charge in [0.1, 0.15) is 0 Å². The van der Waals surface area contributed by atoms with Crippen LogP contribution in [0, 0.1) is 0 Å². The lowest BCUT2D eigenvalue weighted by atomic mass is 9.87. The van der Waals surface area contributed by atoms with Gasteiger partial charge in [-0.05, 0) is 24.0 Å². The second kappa shape index (κ2) is 5.94. The van der Waals surface area contributed by atoms with Gasteiger partial charge in [0, 0.05) is 17.3 Å². The Morgan fingerprint density at radius 1 is 1.00 bits per heavy atom. The molecule has 1 aliphatic carbocycles. The molecule has 2 aromatic carbocycles. The number of aryl methyl sites for hydroxylation is 1. The molecule has 1 aliphatic rings. The van der Waals surface area contributed by atoms with Crippen LogP contribution >= 0.6 is 0 Å². The molecule has 3 heteroatoms. The van der Waals surface area contributed by atoms with Crippen LogP contribution in [0.2, 0.25) is 0 Å². The van der Waals surface area contributed by atoms with E-state index in [-0.39, 0.29) is 5.78 Å². The maximum Gasteiger partial charge on any atom is 0.190 e. The van der Waals surface area contributed by atoms with Gasteiger partial charge in [-0.2, -0.15) is 0 Å². The average molecular weight is 279 g/mol. The van der Waals surface area contributed by atoms with Gasteiger partial charge in [-0.25, -0.2) is 0 Å². The standard InChI is InChI=1S/C18H17NO2/c20-18-16(11-10-15-8-4-5-9-17(15)18)13-19(21)12-14-6-2-1-3-7-14/h1-9,13,21H,10-12H2. The van der Waals surface area contributed by atoms with Crippen molar-refractivity contribution in [3.63, 3.8) is 0 Å². The summed E-state index contributed by atoms with van der Waals surface area (Å²) in [6.45, 7) is 0.374. The number of hydrogen-bond acceptors (Lipinski definition) is 3. The number of nitrogens with zero attached hydrogens (tertiary/aromatic N) is 1. The Bertz CT molecular complexity index is 677. The second-order valence-electron chi connectivity index (χ2n) is 5.22. The lowest BCUT2D eigenvalue weighted by Crippen LogP contribution is -2.19. The number of ketones is 1. The predicted octanol–water partition coefficient (Wildman–Crippen LogP) is 3.59. The topological polar surface area (TPSA) is 40.5 Å². The monoisotopic (exact) mass is 279 g/mol. The zero-order valence-corrected chi connectivity index (χ0v) is 11.7. The van der Waals surface area contributed by atoms with Crippen LogP contribution in [0.25, 0.3) is 0 Å². The molecule has 2 aromatic rings. The van der Waals surface area contributed by atoms with E-state index in [2.05, 4.69) is 0 Å². The Hall–Kier alpha value is -2.39. The number of allylic oxidation sites excluding steroid dienone is 1. The molecular weight excluding hydrogens is 262 g/mol. The summed E-state index contributed by atoms with van der Waals surface area (Å²) >= 11 is 0. The highest BCUT2D eigenvalue weighted by Gasteiger charge is 2.21. The van der Waals surface area contributed by atoms with Crippen LogP contribution in [0.5, 0.6) is 0 Å². The summed E-state index contributed by atoms with van der Waals surface area (Å²) < 4.78 is 0. The summed E-state index contributed by atoms with van der Waals surface area (Å²) in [7, 11) is 0. The van der Waals surface area contributed by atoms with Crippen molar-refractivity contribution in [2.45, 2.75) is 19.4 Å². The highest BCUT2D eigenvalue weighted by molar-refractivity contribution is 6.10. The lowest BCUT2D eigenvalue weighted by molar-refractivity contribution is -0.0500. The zero-order chi connectivity index (χ0) is 14.7. The predicted molar refractivity (Wildman–Crippen MR) is 80.9 cm³/mol. The molecule has 0 spiro atoms. The first-order chi connectivity index (χ1) is 10.2. The van der Waals surface area contributed by atoms with Crippen LogP contribution < -0.4 is 0 Å². The van der Waals surface area contributed by atoms with Crippen molar-refractivity contribution < 1.29 is 10.0 Å². The third kappa shape index (κ3) is 3.03. The molecule has 0 atom stereocenters. The van der Waals surface area contributed by atoms with Gasteiger partial charge in [0.15, 0.2) is 5.78 Å². The molecule has 0 bridgehead atoms. The summed E-state index contributed by atoms with van der Waals surface area (Å²) in [6.07, 6.45) is 3.07. The van der Waals surface area contributed by atoms with E-state index >= 15 is 0 Å². The molecular formula is C18H17NO2. The molecule has 0 heterocycles. The molecule has 0 radical (unpaired) electrons. The highest BCUT2D eigenvalue weighted by atomic mass is 16.5. The Balaban J connectivity index is 1.77. The van der Waals surface area contributed by atoms with Crippen molar-refractivity contribution >= 4 is 5.78 Å². The molecule has 0 saturated heterocycles. The maximum atomic E-state index is 12.4. The van der Waals surface area contributed by atoms with E-state index in [0.717, 1.165) is 28.2 Å². The third-order valence-electron chi connectivity index (χ3n) is 3.71. The lowest BCUT2D eigenvalue weighted by Gasteiger charge is -2.19. The number of carbonyl (C=O) groups excluding carboxylic acids is 1. The van der Waals surface area contributed by atoms with E-state index < -0.39 is 0 Å². The van der Waals surface area contributed by atoms with Crippen LogP contribution in [0.3, 0.4) is 0 Å². The smallest absolute Gasteiger partial charge is 0.190 e. The normalized spacial score (nSPS) is 15.9. The number of carbonyl (C=O) groups is 1. The van der Waals surface area contributed by atoms with E-state index in [1.54, 1.807) is 6.20 Å². The van der Waals surface area contributed by atoms with Crippen LogP contribution in [0.15, 0.2) is 66.4 Å². The van der Waals surface area contributed by atoms with Crippen molar-refractivity contribution in [3.05, 3.63) is 83.1 Å².